The quantitative estimate of drug-likeness (QED) is 0.744. The highest BCUT2D eigenvalue weighted by Crippen LogP contribution is 2.28. The fraction of sp³-hybridized carbons (Fsp3) is 0.150. The number of nitrogens with zero attached hydrogens (tertiary/aromatic N) is 3. The van der Waals surface area contributed by atoms with Crippen LogP contribution in [-0.2, 0) is 6.54 Å². The second kappa shape index (κ2) is 6.29. The van der Waals surface area contributed by atoms with E-state index in [1.54, 1.807) is 6.20 Å². The van der Waals surface area contributed by atoms with Crippen LogP contribution < -0.4 is 5.32 Å². The number of aryl methyl sites for hydroxylation is 2. The normalized spacial score (nSPS) is 12.3. The zero-order valence-corrected chi connectivity index (χ0v) is 14.3. The summed E-state index contributed by atoms with van der Waals surface area (Å²) in [6, 6.07) is 7.78. The fourth-order valence-electron chi connectivity index (χ4n) is 2.89. The van der Waals surface area contributed by atoms with Gasteiger partial charge in [0.15, 0.2) is 17.5 Å². The van der Waals surface area contributed by atoms with E-state index in [0.29, 0.717) is 23.8 Å². The number of halogens is 2. The standard InChI is InChI=1S/C20H16F2N4/c1-11-5-14-9-23-10-15(14)7-18(11)25-19-12(2)8-24-20(26-19)13-3-4-16(21)17(22)6-13/h3-8,10H,9H2,1-2H3,(H,24,25,26). The minimum atomic E-state index is -0.921. The maximum atomic E-state index is 13.5. The lowest BCUT2D eigenvalue weighted by Crippen LogP contribution is -2.02. The van der Waals surface area contributed by atoms with Crippen LogP contribution >= 0.6 is 0 Å². The van der Waals surface area contributed by atoms with Crippen LogP contribution in [0.2, 0.25) is 0 Å². The third kappa shape index (κ3) is 2.94. The average molecular weight is 350 g/mol. The highest BCUT2D eigenvalue weighted by molar-refractivity contribution is 5.87. The van der Waals surface area contributed by atoms with Crippen molar-refractivity contribution in [1.29, 1.82) is 0 Å². The van der Waals surface area contributed by atoms with Crippen LogP contribution in [0.4, 0.5) is 20.3 Å². The van der Waals surface area contributed by atoms with Gasteiger partial charge in [0.05, 0.1) is 6.54 Å². The zero-order valence-electron chi connectivity index (χ0n) is 14.3. The predicted molar refractivity (Wildman–Crippen MR) is 97.9 cm³/mol. The summed E-state index contributed by atoms with van der Waals surface area (Å²) in [5.74, 6) is -0.861. The monoisotopic (exact) mass is 350 g/mol. The van der Waals surface area contributed by atoms with Gasteiger partial charge < -0.3 is 5.32 Å². The Morgan fingerprint density at radius 2 is 1.85 bits per heavy atom. The van der Waals surface area contributed by atoms with Gasteiger partial charge >= 0.3 is 0 Å². The molecular formula is C20H16F2N4. The summed E-state index contributed by atoms with van der Waals surface area (Å²) >= 11 is 0. The molecule has 1 aromatic heterocycles. The number of rotatable bonds is 3. The van der Waals surface area contributed by atoms with E-state index in [-0.39, 0.29) is 0 Å². The van der Waals surface area contributed by atoms with E-state index >= 15 is 0 Å². The van der Waals surface area contributed by atoms with Crippen LogP contribution in [-0.4, -0.2) is 16.2 Å². The molecule has 0 amide bonds. The fourth-order valence-corrected chi connectivity index (χ4v) is 2.89. The Balaban J connectivity index is 1.71. The Morgan fingerprint density at radius 1 is 1.00 bits per heavy atom. The van der Waals surface area contributed by atoms with E-state index in [1.807, 2.05) is 26.1 Å². The van der Waals surface area contributed by atoms with Gasteiger partial charge in [0.1, 0.15) is 5.82 Å². The molecule has 0 fully saturated rings. The van der Waals surface area contributed by atoms with Crippen molar-refractivity contribution >= 4 is 17.7 Å². The molecule has 4 rings (SSSR count). The van der Waals surface area contributed by atoms with Crippen LogP contribution in [0.15, 0.2) is 41.5 Å². The van der Waals surface area contributed by atoms with Crippen molar-refractivity contribution in [3.63, 3.8) is 0 Å². The molecule has 4 nitrogen and oxygen atoms in total. The van der Waals surface area contributed by atoms with Gasteiger partial charge in [0.2, 0.25) is 0 Å². The first-order valence-electron chi connectivity index (χ1n) is 8.21. The molecule has 1 aliphatic heterocycles. The topological polar surface area (TPSA) is 50.2 Å². The van der Waals surface area contributed by atoms with E-state index in [1.165, 1.54) is 11.6 Å². The summed E-state index contributed by atoms with van der Waals surface area (Å²) in [5, 5.41) is 3.33. The van der Waals surface area contributed by atoms with Crippen molar-refractivity contribution in [1.82, 2.24) is 9.97 Å². The lowest BCUT2D eigenvalue weighted by Gasteiger charge is -2.13. The molecule has 0 bridgehead atoms. The van der Waals surface area contributed by atoms with Crippen LogP contribution in [0.25, 0.3) is 11.4 Å². The highest BCUT2D eigenvalue weighted by Gasteiger charge is 2.13. The molecule has 0 unspecified atom stereocenters. The second-order valence-electron chi connectivity index (χ2n) is 6.31. The van der Waals surface area contributed by atoms with Crippen molar-refractivity contribution in [2.75, 3.05) is 5.32 Å². The molecule has 1 N–H and O–H groups in total. The summed E-state index contributed by atoms with van der Waals surface area (Å²) < 4.78 is 26.7. The molecular weight excluding hydrogens is 334 g/mol. The van der Waals surface area contributed by atoms with Crippen molar-refractivity contribution in [2.45, 2.75) is 20.4 Å². The van der Waals surface area contributed by atoms with Crippen LogP contribution in [0.5, 0.6) is 0 Å². The van der Waals surface area contributed by atoms with Gasteiger partial charge in [-0.3, -0.25) is 4.99 Å². The number of anilines is 2. The number of aliphatic imine (C=N–C) groups is 1. The molecule has 0 saturated heterocycles. The van der Waals surface area contributed by atoms with Gasteiger partial charge in [-0.2, -0.15) is 0 Å². The third-order valence-electron chi connectivity index (χ3n) is 4.38. The Morgan fingerprint density at radius 3 is 2.65 bits per heavy atom. The minimum absolute atomic E-state index is 0.331. The number of hydrogen-bond donors (Lipinski definition) is 1. The molecule has 0 atom stereocenters. The van der Waals surface area contributed by atoms with Crippen LogP contribution in [0.1, 0.15) is 22.3 Å². The molecule has 1 aliphatic rings. The molecule has 6 heteroatoms. The Labute approximate surface area is 149 Å². The first-order valence-corrected chi connectivity index (χ1v) is 8.21. The molecule has 0 spiro atoms. The highest BCUT2D eigenvalue weighted by atomic mass is 19.2. The van der Waals surface area contributed by atoms with Crippen molar-refractivity contribution in [2.24, 2.45) is 4.99 Å². The first kappa shape index (κ1) is 16.3. The van der Waals surface area contributed by atoms with E-state index in [2.05, 4.69) is 26.3 Å². The summed E-state index contributed by atoms with van der Waals surface area (Å²) in [6.45, 7) is 4.62. The molecule has 2 aromatic carbocycles. The number of benzene rings is 2. The maximum Gasteiger partial charge on any atom is 0.161 e. The van der Waals surface area contributed by atoms with Crippen molar-refractivity contribution in [3.8, 4) is 11.4 Å². The number of fused-ring (bicyclic) bond motifs is 1. The Bertz CT molecular complexity index is 1040. The Hall–Kier alpha value is -3.15. The van der Waals surface area contributed by atoms with Gasteiger partial charge in [0.25, 0.3) is 0 Å². The summed E-state index contributed by atoms with van der Waals surface area (Å²) in [4.78, 5) is 13.0. The molecule has 0 saturated carbocycles. The van der Waals surface area contributed by atoms with Crippen molar-refractivity contribution in [3.05, 3.63) is 70.4 Å². The summed E-state index contributed by atoms with van der Waals surface area (Å²) in [5.41, 5.74) is 5.58. The molecule has 2 heterocycles. The largest absolute Gasteiger partial charge is 0.340 e. The summed E-state index contributed by atoms with van der Waals surface area (Å²) in [6.07, 6.45) is 3.52. The van der Waals surface area contributed by atoms with Crippen molar-refractivity contribution < 1.29 is 8.78 Å². The lowest BCUT2D eigenvalue weighted by atomic mass is 10.0. The first-order chi connectivity index (χ1) is 12.5. The predicted octanol–water partition coefficient (Wildman–Crippen LogP) is 4.71. The van der Waals surface area contributed by atoms with Gasteiger partial charge in [-0.1, -0.05) is 6.07 Å². The third-order valence-corrected chi connectivity index (χ3v) is 4.38. The van der Waals surface area contributed by atoms with E-state index in [9.17, 15) is 8.78 Å². The second-order valence-corrected chi connectivity index (χ2v) is 6.31. The van der Waals surface area contributed by atoms with Gasteiger partial charge in [0, 0.05) is 29.2 Å². The molecule has 0 aliphatic carbocycles. The molecule has 26 heavy (non-hydrogen) atoms. The van der Waals surface area contributed by atoms with Gasteiger partial charge in [-0.25, -0.2) is 18.7 Å². The average Bonchev–Trinajstić information content (AvgIpc) is 3.06. The molecule has 0 radical (unpaired) electrons. The van der Waals surface area contributed by atoms with Crippen LogP contribution in [0.3, 0.4) is 0 Å². The smallest absolute Gasteiger partial charge is 0.161 e. The van der Waals surface area contributed by atoms with E-state index < -0.39 is 11.6 Å². The van der Waals surface area contributed by atoms with Gasteiger partial charge in [-0.15, -0.1) is 0 Å². The number of nitrogens with one attached hydrogen (secondary N) is 1. The maximum absolute atomic E-state index is 13.5. The van der Waals surface area contributed by atoms with E-state index in [0.717, 1.165) is 34.5 Å². The Kier molecular flexibility index (Phi) is 3.95. The van der Waals surface area contributed by atoms with E-state index in [4.69, 9.17) is 0 Å². The minimum Gasteiger partial charge on any atom is -0.340 e. The molecule has 130 valence electrons. The summed E-state index contributed by atoms with van der Waals surface area (Å²) in [7, 11) is 0. The zero-order chi connectivity index (χ0) is 18.3. The SMILES string of the molecule is Cc1cc2c(cc1Nc1nc(-c3ccc(F)c(F)c3)ncc1C)C=NC2. The van der Waals surface area contributed by atoms with Gasteiger partial charge in [-0.05, 0) is 54.8 Å². The lowest BCUT2D eigenvalue weighted by molar-refractivity contribution is 0.509. The molecule has 3 aromatic rings. The number of hydrogen-bond acceptors (Lipinski definition) is 4. The number of aromatic nitrogens is 2. The van der Waals surface area contributed by atoms with Crippen LogP contribution in [0, 0.1) is 25.5 Å².